The van der Waals surface area contributed by atoms with Gasteiger partial charge in [-0.25, -0.2) is 9.69 Å². The van der Waals surface area contributed by atoms with Crippen LogP contribution in [0.4, 0.5) is 4.79 Å². The molecule has 0 spiro atoms. The molecule has 94 valence electrons. The minimum Gasteiger partial charge on any atom is -0.446 e. The van der Waals surface area contributed by atoms with Crippen LogP contribution in [0.15, 0.2) is 30.3 Å². The van der Waals surface area contributed by atoms with Gasteiger partial charge in [-0.05, 0) is 0 Å². The van der Waals surface area contributed by atoms with E-state index in [0.29, 0.717) is 5.56 Å². The molecule has 1 heterocycles. The minimum atomic E-state index is -0.840. The first-order valence-electron chi connectivity index (χ1n) is 5.73. The summed E-state index contributed by atoms with van der Waals surface area (Å²) < 4.78 is 4.79. The van der Waals surface area contributed by atoms with Crippen LogP contribution in [0, 0.1) is 0 Å². The third-order valence-corrected chi connectivity index (χ3v) is 2.81. The highest BCUT2D eigenvalue weighted by atomic mass is 16.6. The van der Waals surface area contributed by atoms with Crippen LogP contribution in [0.5, 0.6) is 0 Å². The lowest BCUT2D eigenvalue weighted by Gasteiger charge is -2.17. The number of ketones is 1. The number of imide groups is 1. The topological polar surface area (TPSA) is 63.7 Å². The average Bonchev–Trinajstić information content (AvgIpc) is 2.80. The molecule has 0 aliphatic carbocycles. The van der Waals surface area contributed by atoms with Gasteiger partial charge < -0.3 is 4.74 Å². The van der Waals surface area contributed by atoms with Gasteiger partial charge in [-0.3, -0.25) is 9.59 Å². The third-order valence-electron chi connectivity index (χ3n) is 2.81. The molecule has 0 saturated carbocycles. The van der Waals surface area contributed by atoms with Crippen LogP contribution in [-0.2, 0) is 9.53 Å². The van der Waals surface area contributed by atoms with Crippen LogP contribution in [0.2, 0.25) is 0 Å². The monoisotopic (exact) mass is 247 g/mol. The Morgan fingerprint density at radius 2 is 2.00 bits per heavy atom. The Hall–Kier alpha value is -2.17. The number of nitrogens with zero attached hydrogens (tertiary/aromatic N) is 1. The van der Waals surface area contributed by atoms with Crippen LogP contribution in [-0.4, -0.2) is 35.3 Å². The van der Waals surface area contributed by atoms with Crippen molar-refractivity contribution < 1.29 is 19.1 Å². The van der Waals surface area contributed by atoms with Crippen molar-refractivity contribution in [2.24, 2.45) is 0 Å². The highest BCUT2D eigenvalue weighted by Crippen LogP contribution is 2.18. The fourth-order valence-corrected chi connectivity index (χ4v) is 1.86. The Labute approximate surface area is 104 Å². The molecule has 1 aliphatic heterocycles. The van der Waals surface area contributed by atoms with Gasteiger partial charge >= 0.3 is 6.09 Å². The number of benzene rings is 1. The summed E-state index contributed by atoms with van der Waals surface area (Å²) in [7, 11) is 0. The summed E-state index contributed by atoms with van der Waals surface area (Å²) in [6.45, 7) is 1.57. The molecule has 18 heavy (non-hydrogen) atoms. The van der Waals surface area contributed by atoms with Gasteiger partial charge in [0.1, 0.15) is 12.6 Å². The molecular weight excluding hydrogens is 234 g/mol. The number of ether oxygens (including phenoxy) is 1. The van der Waals surface area contributed by atoms with Crippen molar-refractivity contribution in [1.82, 2.24) is 4.90 Å². The zero-order chi connectivity index (χ0) is 13.1. The SMILES string of the molecule is CCC(=O)N1C(=O)OC[C@@H]1C(=O)c1ccccc1. The van der Waals surface area contributed by atoms with Gasteiger partial charge in [0.15, 0.2) is 5.78 Å². The fraction of sp³-hybridized carbons (Fsp3) is 0.308. The third kappa shape index (κ3) is 2.11. The molecule has 0 radical (unpaired) electrons. The lowest BCUT2D eigenvalue weighted by molar-refractivity contribution is -0.128. The molecule has 0 bridgehead atoms. The van der Waals surface area contributed by atoms with Crippen molar-refractivity contribution in [1.29, 1.82) is 0 Å². The molecule has 1 aromatic carbocycles. The molecule has 2 amide bonds. The van der Waals surface area contributed by atoms with E-state index in [9.17, 15) is 14.4 Å². The van der Waals surface area contributed by atoms with E-state index in [4.69, 9.17) is 4.74 Å². The number of carbonyl (C=O) groups excluding carboxylic acids is 3. The fourth-order valence-electron chi connectivity index (χ4n) is 1.86. The Morgan fingerprint density at radius 3 is 2.61 bits per heavy atom. The molecule has 0 N–H and O–H groups in total. The van der Waals surface area contributed by atoms with Gasteiger partial charge in [-0.2, -0.15) is 0 Å². The Bertz CT molecular complexity index is 483. The van der Waals surface area contributed by atoms with Gasteiger partial charge in [0.2, 0.25) is 5.91 Å². The molecule has 1 atom stereocenters. The molecule has 0 aromatic heterocycles. The summed E-state index contributed by atoms with van der Waals surface area (Å²) in [6, 6.07) is 7.72. The van der Waals surface area contributed by atoms with Crippen molar-refractivity contribution >= 4 is 17.8 Å². The smallest absolute Gasteiger partial charge is 0.417 e. The summed E-state index contributed by atoms with van der Waals surface area (Å²) in [5.74, 6) is -0.671. The van der Waals surface area contributed by atoms with Gasteiger partial charge in [0, 0.05) is 12.0 Å². The predicted octanol–water partition coefficient (Wildman–Crippen LogP) is 1.63. The van der Waals surface area contributed by atoms with E-state index in [-0.39, 0.29) is 18.8 Å². The largest absolute Gasteiger partial charge is 0.446 e. The van der Waals surface area contributed by atoms with Gasteiger partial charge in [-0.1, -0.05) is 37.3 Å². The maximum Gasteiger partial charge on any atom is 0.417 e. The maximum absolute atomic E-state index is 12.2. The van der Waals surface area contributed by atoms with Crippen molar-refractivity contribution in [2.45, 2.75) is 19.4 Å². The second-order valence-corrected chi connectivity index (χ2v) is 3.94. The second-order valence-electron chi connectivity index (χ2n) is 3.94. The normalized spacial score (nSPS) is 18.6. The Kier molecular flexibility index (Phi) is 3.41. The first kappa shape index (κ1) is 12.3. The lowest BCUT2D eigenvalue weighted by Crippen LogP contribution is -2.43. The van der Waals surface area contributed by atoms with E-state index in [0.717, 1.165) is 4.90 Å². The summed E-state index contributed by atoms with van der Waals surface area (Å²) in [5, 5.41) is 0. The van der Waals surface area contributed by atoms with Crippen LogP contribution in [0.3, 0.4) is 0 Å². The van der Waals surface area contributed by atoms with Crippen LogP contribution in [0.25, 0.3) is 0 Å². The summed E-state index contributed by atoms with van der Waals surface area (Å²) in [4.78, 5) is 36.2. The van der Waals surface area contributed by atoms with E-state index >= 15 is 0 Å². The maximum atomic E-state index is 12.2. The molecular formula is C13H13NO4. The van der Waals surface area contributed by atoms with Crippen LogP contribution >= 0.6 is 0 Å². The highest BCUT2D eigenvalue weighted by molar-refractivity contribution is 6.07. The summed E-state index contributed by atoms with van der Waals surface area (Å²) in [6.07, 6.45) is -0.579. The van der Waals surface area contributed by atoms with E-state index in [1.807, 2.05) is 0 Å². The van der Waals surface area contributed by atoms with Crippen LogP contribution < -0.4 is 0 Å². The van der Waals surface area contributed by atoms with Crippen molar-refractivity contribution in [3.63, 3.8) is 0 Å². The van der Waals surface area contributed by atoms with Crippen molar-refractivity contribution in [3.8, 4) is 0 Å². The lowest BCUT2D eigenvalue weighted by atomic mass is 10.0. The standard InChI is InChI=1S/C13H13NO4/c1-2-11(15)14-10(8-18-13(14)17)12(16)9-6-4-3-5-7-9/h3-7,10H,2,8H2,1H3/t10-/m1/s1. The van der Waals surface area contributed by atoms with E-state index in [1.54, 1.807) is 37.3 Å². The Balaban J connectivity index is 2.25. The van der Waals surface area contributed by atoms with Crippen molar-refractivity contribution in [3.05, 3.63) is 35.9 Å². The number of hydrogen-bond acceptors (Lipinski definition) is 4. The van der Waals surface area contributed by atoms with Gasteiger partial charge in [0.05, 0.1) is 0 Å². The van der Waals surface area contributed by atoms with Gasteiger partial charge in [-0.15, -0.1) is 0 Å². The first-order valence-corrected chi connectivity index (χ1v) is 5.73. The minimum absolute atomic E-state index is 0.0711. The zero-order valence-electron chi connectivity index (χ0n) is 9.96. The number of amides is 2. The average molecular weight is 247 g/mol. The number of carbonyl (C=O) groups is 3. The molecule has 5 heteroatoms. The van der Waals surface area contributed by atoms with Gasteiger partial charge in [0.25, 0.3) is 0 Å². The molecule has 1 aromatic rings. The first-order chi connectivity index (χ1) is 8.65. The zero-order valence-corrected chi connectivity index (χ0v) is 9.96. The summed E-state index contributed by atoms with van der Waals surface area (Å²) >= 11 is 0. The molecule has 1 fully saturated rings. The number of rotatable bonds is 3. The quantitative estimate of drug-likeness (QED) is 0.761. The molecule has 1 aliphatic rings. The number of Topliss-reactive ketones (excluding diaryl/α,β-unsaturated/α-hetero) is 1. The molecule has 2 rings (SSSR count). The van der Waals surface area contributed by atoms with Crippen molar-refractivity contribution in [2.75, 3.05) is 6.61 Å². The van der Waals surface area contributed by atoms with E-state index < -0.39 is 18.0 Å². The predicted molar refractivity (Wildman–Crippen MR) is 63.0 cm³/mol. The number of hydrogen-bond donors (Lipinski definition) is 0. The Morgan fingerprint density at radius 1 is 1.33 bits per heavy atom. The molecule has 0 unspecified atom stereocenters. The van der Waals surface area contributed by atoms with Crippen LogP contribution in [0.1, 0.15) is 23.7 Å². The van der Waals surface area contributed by atoms with E-state index in [2.05, 4.69) is 0 Å². The highest BCUT2D eigenvalue weighted by Gasteiger charge is 2.41. The molecule has 5 nitrogen and oxygen atoms in total. The molecule has 1 saturated heterocycles. The second kappa shape index (κ2) is 5.00. The number of cyclic esters (lactones) is 1. The summed E-state index contributed by atoms with van der Waals surface area (Å²) in [5.41, 5.74) is 0.467. The van der Waals surface area contributed by atoms with E-state index in [1.165, 1.54) is 0 Å².